The Labute approximate surface area is 394 Å². The zero-order valence-electron chi connectivity index (χ0n) is 42.7. The Bertz CT molecular complexity index is 2740. The van der Waals surface area contributed by atoms with Crippen molar-refractivity contribution in [3.05, 3.63) is 124 Å². The molecule has 0 radical (unpaired) electrons. The van der Waals surface area contributed by atoms with Crippen molar-refractivity contribution >= 4 is 57.2 Å². The molecule has 5 aromatic rings. The van der Waals surface area contributed by atoms with Gasteiger partial charge in [0, 0.05) is 34.1 Å². The second-order valence-electron chi connectivity index (χ2n) is 26.8. The topological polar surface area (TPSA) is 6.48 Å². The summed E-state index contributed by atoms with van der Waals surface area (Å²) >= 11 is 0. The third kappa shape index (κ3) is 6.60. The van der Waals surface area contributed by atoms with Crippen LogP contribution < -0.4 is 26.2 Å². The molecule has 2 nitrogen and oxygen atoms in total. The van der Waals surface area contributed by atoms with E-state index in [1.54, 1.807) is 16.7 Å². The monoisotopic (exact) mass is 861 g/mol. The number of hydrogen-bond acceptors (Lipinski definition) is 2. The summed E-state index contributed by atoms with van der Waals surface area (Å²) in [7, 11) is 0. The zero-order chi connectivity index (χ0) is 46.0. The largest absolute Gasteiger partial charge is 0.311 e. The average molecular weight is 861 g/mol. The van der Waals surface area contributed by atoms with Crippen LogP contribution in [0.4, 0.5) is 34.1 Å². The Balaban J connectivity index is 1.28. The van der Waals surface area contributed by atoms with Gasteiger partial charge < -0.3 is 9.80 Å². The van der Waals surface area contributed by atoms with Crippen LogP contribution in [0.5, 0.6) is 0 Å². The maximum Gasteiger partial charge on any atom is 0.252 e. The number of anilines is 6. The van der Waals surface area contributed by atoms with Gasteiger partial charge in [0.05, 0.1) is 0 Å². The molecule has 7 aliphatic rings. The van der Waals surface area contributed by atoms with E-state index >= 15 is 0 Å². The molecule has 5 aliphatic carbocycles. The molecule has 5 aromatic carbocycles. The van der Waals surface area contributed by atoms with Gasteiger partial charge in [0.1, 0.15) is 0 Å². The van der Waals surface area contributed by atoms with E-state index in [2.05, 4.69) is 192 Å². The highest BCUT2D eigenvalue weighted by Crippen LogP contribution is 2.56. The predicted octanol–water partition coefficient (Wildman–Crippen LogP) is 15.3. The van der Waals surface area contributed by atoms with E-state index in [-0.39, 0.29) is 44.6 Å². The van der Waals surface area contributed by atoms with Crippen LogP contribution in [0.1, 0.15) is 200 Å². The molecule has 2 aliphatic heterocycles. The molecule has 0 amide bonds. The quantitative estimate of drug-likeness (QED) is 0.163. The van der Waals surface area contributed by atoms with Gasteiger partial charge in [0.2, 0.25) is 0 Å². The molecule has 3 fully saturated rings. The lowest BCUT2D eigenvalue weighted by molar-refractivity contribution is 0.136. The van der Waals surface area contributed by atoms with E-state index in [4.69, 9.17) is 0 Å². The van der Waals surface area contributed by atoms with Crippen molar-refractivity contribution in [2.75, 3.05) is 9.80 Å². The van der Waals surface area contributed by atoms with E-state index in [0.29, 0.717) is 0 Å². The summed E-state index contributed by atoms with van der Waals surface area (Å²) in [6.07, 6.45) is 12.8. The van der Waals surface area contributed by atoms with Crippen molar-refractivity contribution in [3.63, 3.8) is 0 Å². The Hall–Kier alpha value is -4.24. The molecule has 0 aromatic heterocycles. The molecule has 0 saturated heterocycles. The second kappa shape index (κ2) is 13.9. The van der Waals surface area contributed by atoms with E-state index in [1.807, 2.05) is 0 Å². The summed E-state index contributed by atoms with van der Waals surface area (Å²) in [6.45, 7) is 34.3. The Morgan fingerprint density at radius 2 is 0.892 bits per heavy atom. The highest BCUT2D eigenvalue weighted by molar-refractivity contribution is 7.00. The van der Waals surface area contributed by atoms with E-state index in [9.17, 15) is 0 Å². The number of hydrogen-bond donors (Lipinski definition) is 0. The van der Waals surface area contributed by atoms with Crippen LogP contribution in [0.25, 0.3) is 0 Å². The van der Waals surface area contributed by atoms with Crippen molar-refractivity contribution in [3.8, 4) is 0 Å². The molecular weight excluding hydrogens is 784 g/mol. The van der Waals surface area contributed by atoms with E-state index in [1.165, 1.54) is 137 Å². The maximum absolute atomic E-state index is 2.80. The first kappa shape index (κ1) is 43.3. The fourth-order valence-corrected chi connectivity index (χ4v) is 13.9. The maximum atomic E-state index is 2.80. The van der Waals surface area contributed by atoms with Crippen LogP contribution in [0.15, 0.2) is 84.9 Å². The van der Waals surface area contributed by atoms with Crippen LogP contribution in [-0.4, -0.2) is 6.71 Å². The van der Waals surface area contributed by atoms with Crippen molar-refractivity contribution in [1.29, 1.82) is 0 Å². The van der Waals surface area contributed by atoms with Gasteiger partial charge in [-0.15, -0.1) is 0 Å². The van der Waals surface area contributed by atoms with Crippen molar-refractivity contribution in [2.45, 2.75) is 199 Å². The van der Waals surface area contributed by atoms with E-state index in [0.717, 1.165) is 5.92 Å². The molecule has 2 heterocycles. The lowest BCUT2D eigenvalue weighted by Crippen LogP contribution is -2.62. The highest BCUT2D eigenvalue weighted by Gasteiger charge is 2.50. The zero-order valence-corrected chi connectivity index (χ0v) is 42.7. The third-order valence-corrected chi connectivity index (χ3v) is 18.7. The first-order valence-electron chi connectivity index (χ1n) is 25.8. The molecule has 65 heavy (non-hydrogen) atoms. The van der Waals surface area contributed by atoms with Gasteiger partial charge in [0.15, 0.2) is 0 Å². The molecule has 338 valence electrons. The molecule has 2 bridgehead atoms. The summed E-state index contributed by atoms with van der Waals surface area (Å²) in [4.78, 5) is 5.50. The highest BCUT2D eigenvalue weighted by atomic mass is 15.2. The summed E-state index contributed by atoms with van der Waals surface area (Å²) in [6, 6.07) is 35.8. The fourth-order valence-electron chi connectivity index (χ4n) is 13.9. The minimum absolute atomic E-state index is 0.00920. The van der Waals surface area contributed by atoms with Crippen LogP contribution in [0.2, 0.25) is 0 Å². The molecular formula is C62H77BN2. The smallest absolute Gasteiger partial charge is 0.252 e. The van der Waals surface area contributed by atoms with Crippen molar-refractivity contribution in [1.82, 2.24) is 0 Å². The number of fused-ring (bicyclic) bond motifs is 9. The normalized spacial score (nSPS) is 24.2. The molecule has 0 N–H and O–H groups in total. The van der Waals surface area contributed by atoms with Gasteiger partial charge in [-0.25, -0.2) is 0 Å². The van der Waals surface area contributed by atoms with Gasteiger partial charge in [-0.05, 0) is 212 Å². The molecule has 0 atom stereocenters. The predicted molar refractivity (Wildman–Crippen MR) is 281 cm³/mol. The molecule has 3 saturated carbocycles. The lowest BCUT2D eigenvalue weighted by atomic mass is 9.32. The first-order valence-corrected chi connectivity index (χ1v) is 25.8. The fraction of sp³-hybridized carbons (Fsp3) is 0.516. The van der Waals surface area contributed by atoms with Gasteiger partial charge >= 0.3 is 0 Å². The SMILES string of the molecule is CC(C)(C)c1ccc(N2c3ccc(C(C)(C)C)cc3B3c4cc5c(cc4N(c4ccc6c(c4)C(C)(C)CCC6(C)C)c4cc(C67CCC(CC6)CC7)cc2c43)C(C)(C)CCC5(C)C)cc1. The average Bonchev–Trinajstić information content (AvgIpc) is 3.26. The van der Waals surface area contributed by atoms with Crippen LogP contribution >= 0.6 is 0 Å². The second-order valence-corrected chi connectivity index (χ2v) is 26.8. The summed E-state index contributed by atoms with van der Waals surface area (Å²) in [5.74, 6) is 0.907. The number of benzene rings is 5. The third-order valence-electron chi connectivity index (χ3n) is 18.7. The lowest BCUT2D eigenvalue weighted by Gasteiger charge is -2.50. The van der Waals surface area contributed by atoms with Crippen LogP contribution in [0.3, 0.4) is 0 Å². The van der Waals surface area contributed by atoms with E-state index < -0.39 is 0 Å². The van der Waals surface area contributed by atoms with Crippen LogP contribution in [-0.2, 0) is 37.9 Å². The Morgan fingerprint density at radius 3 is 1.45 bits per heavy atom. The minimum Gasteiger partial charge on any atom is -0.311 e. The van der Waals surface area contributed by atoms with Gasteiger partial charge in [0.25, 0.3) is 6.71 Å². The summed E-state index contributed by atoms with van der Waals surface area (Å²) in [5, 5.41) is 0. The summed E-state index contributed by atoms with van der Waals surface area (Å²) < 4.78 is 0. The van der Waals surface area contributed by atoms with Crippen LogP contribution in [0, 0.1) is 5.92 Å². The van der Waals surface area contributed by atoms with Gasteiger partial charge in [-0.2, -0.15) is 0 Å². The first-order chi connectivity index (χ1) is 30.4. The Kier molecular flexibility index (Phi) is 9.28. The standard InChI is InChI=1S/C62H77BN2/c1-56(2,3)40-15-18-43(19-16-40)64-51-22-17-41(57(4,5)6)33-49(51)63-50-37-47-48(61(13,14)32-31-60(47,11)12)38-52(50)65(44-20-21-45-46(36-44)59(9,10)30-29-58(45,7)8)54-35-42(34-53(64)55(54)63)62-26-23-39(24-27-62)25-28-62/h15-22,33-39H,23-32H2,1-14H3. The molecule has 3 heteroatoms. The number of rotatable bonds is 3. The van der Waals surface area contributed by atoms with Crippen molar-refractivity contribution < 1.29 is 0 Å². The van der Waals surface area contributed by atoms with Crippen molar-refractivity contribution in [2.24, 2.45) is 5.92 Å². The molecule has 12 rings (SSSR count). The molecule has 0 unspecified atom stereocenters. The minimum atomic E-state index is 0.00920. The Morgan fingerprint density at radius 1 is 0.431 bits per heavy atom. The number of nitrogens with zero attached hydrogens (tertiary/aromatic N) is 2. The molecule has 0 spiro atoms. The summed E-state index contributed by atoms with van der Waals surface area (Å²) in [5.41, 5.74) is 23.7. The van der Waals surface area contributed by atoms with Gasteiger partial charge in [-0.1, -0.05) is 133 Å². The van der Waals surface area contributed by atoms with Gasteiger partial charge in [-0.3, -0.25) is 0 Å².